The Kier molecular flexibility index (Phi) is 6.92. The summed E-state index contributed by atoms with van der Waals surface area (Å²) >= 11 is 1.68. The lowest BCUT2D eigenvalue weighted by molar-refractivity contribution is -0.0494. The van der Waals surface area contributed by atoms with Crippen molar-refractivity contribution in [1.82, 2.24) is 14.9 Å². The molecule has 0 bridgehead atoms. The Labute approximate surface area is 155 Å². The van der Waals surface area contributed by atoms with E-state index in [4.69, 9.17) is 0 Å². The quantitative estimate of drug-likeness (QED) is 0.575. The molecule has 11 heteroatoms. The van der Waals surface area contributed by atoms with E-state index in [1.165, 1.54) is 4.88 Å². The van der Waals surface area contributed by atoms with E-state index >= 15 is 0 Å². The Morgan fingerprint density at radius 1 is 1.42 bits per heavy atom. The highest BCUT2D eigenvalue weighted by atomic mass is 32.2. The van der Waals surface area contributed by atoms with Crippen LogP contribution in [0.1, 0.15) is 30.6 Å². The lowest BCUT2D eigenvalue weighted by Gasteiger charge is -2.32. The summed E-state index contributed by atoms with van der Waals surface area (Å²) in [7, 11) is -3.62. The van der Waals surface area contributed by atoms with Crippen molar-refractivity contribution in [2.45, 2.75) is 37.2 Å². The van der Waals surface area contributed by atoms with Gasteiger partial charge in [0.15, 0.2) is 5.96 Å². The molecule has 26 heavy (non-hydrogen) atoms. The molecule has 0 spiro atoms. The van der Waals surface area contributed by atoms with Crippen LogP contribution in [0.25, 0.3) is 0 Å². The molecular formula is C15H23F3N4O2S2. The molecule has 1 aromatic heterocycles. The molecule has 148 valence electrons. The number of hydrogen-bond donors (Lipinski definition) is 2. The fourth-order valence-electron chi connectivity index (χ4n) is 2.70. The van der Waals surface area contributed by atoms with Crippen molar-refractivity contribution in [3.8, 4) is 0 Å². The molecule has 6 nitrogen and oxygen atoms in total. The van der Waals surface area contributed by atoms with Crippen molar-refractivity contribution in [1.29, 1.82) is 0 Å². The highest BCUT2D eigenvalue weighted by Crippen LogP contribution is 2.29. The number of halogens is 3. The van der Waals surface area contributed by atoms with Crippen LogP contribution in [0.4, 0.5) is 13.2 Å². The zero-order chi connectivity index (χ0) is 19.4. The summed E-state index contributed by atoms with van der Waals surface area (Å²) in [5.74, 6) is 0.859. The molecule has 2 N–H and O–H groups in total. The first kappa shape index (κ1) is 21.0. The number of aliphatic imine (C=N–C) groups is 1. The van der Waals surface area contributed by atoms with Crippen molar-refractivity contribution < 1.29 is 21.6 Å². The molecule has 0 aromatic carbocycles. The van der Waals surface area contributed by atoms with Gasteiger partial charge in [0.25, 0.3) is 0 Å². The number of hydrogen-bond acceptors (Lipinski definition) is 4. The summed E-state index contributed by atoms with van der Waals surface area (Å²) in [6, 6.07) is 3.93. The van der Waals surface area contributed by atoms with Crippen molar-refractivity contribution in [2.75, 3.05) is 26.7 Å². The predicted octanol–water partition coefficient (Wildman–Crippen LogP) is 2.33. The van der Waals surface area contributed by atoms with Crippen LogP contribution in [0.5, 0.6) is 0 Å². The predicted molar refractivity (Wildman–Crippen MR) is 96.8 cm³/mol. The normalized spacial score (nSPS) is 19.3. The number of guanidine groups is 1. The van der Waals surface area contributed by atoms with Gasteiger partial charge in [-0.05, 0) is 24.3 Å². The first-order chi connectivity index (χ1) is 12.1. The molecule has 1 unspecified atom stereocenters. The Hall–Kier alpha value is -1.33. The van der Waals surface area contributed by atoms with E-state index in [-0.39, 0.29) is 32.0 Å². The number of alkyl halides is 3. The van der Waals surface area contributed by atoms with E-state index in [9.17, 15) is 21.6 Å². The summed E-state index contributed by atoms with van der Waals surface area (Å²) in [6.07, 6.45) is 0.576. The molecule has 1 aliphatic heterocycles. The Balaban J connectivity index is 1.82. The van der Waals surface area contributed by atoms with Gasteiger partial charge in [0, 0.05) is 43.5 Å². The molecule has 1 aliphatic rings. The van der Waals surface area contributed by atoms with Crippen molar-refractivity contribution in [3.05, 3.63) is 22.4 Å². The van der Waals surface area contributed by atoms with E-state index in [2.05, 4.69) is 28.6 Å². The van der Waals surface area contributed by atoms with Crippen LogP contribution in [0.15, 0.2) is 22.5 Å². The van der Waals surface area contributed by atoms with Crippen molar-refractivity contribution in [3.63, 3.8) is 0 Å². The molecule has 0 saturated carbocycles. The van der Waals surface area contributed by atoms with Gasteiger partial charge < -0.3 is 10.6 Å². The molecular weight excluding hydrogens is 389 g/mol. The fourth-order valence-corrected chi connectivity index (χ4v) is 4.47. The Morgan fingerprint density at radius 2 is 2.08 bits per heavy atom. The van der Waals surface area contributed by atoms with Crippen molar-refractivity contribution in [2.24, 2.45) is 4.99 Å². The summed E-state index contributed by atoms with van der Waals surface area (Å²) in [6.45, 7) is 2.43. The second kappa shape index (κ2) is 8.57. The summed E-state index contributed by atoms with van der Waals surface area (Å²) < 4.78 is 61.2. The SMILES string of the molecule is CN=C(NCC(C)c1cccs1)NC1CCN(S(=O)(=O)C(F)(F)F)CC1. The topological polar surface area (TPSA) is 73.8 Å². The minimum absolute atomic E-state index is 0.127. The molecule has 2 rings (SSSR count). The number of thiophene rings is 1. The molecule has 0 aliphatic carbocycles. The minimum atomic E-state index is -5.25. The van der Waals surface area contributed by atoms with E-state index in [1.54, 1.807) is 18.4 Å². The van der Waals surface area contributed by atoms with Crippen LogP contribution in [0.2, 0.25) is 0 Å². The lowest BCUT2D eigenvalue weighted by Crippen LogP contribution is -2.51. The smallest absolute Gasteiger partial charge is 0.356 e. The third kappa shape index (κ3) is 5.10. The highest BCUT2D eigenvalue weighted by molar-refractivity contribution is 7.90. The van der Waals surface area contributed by atoms with E-state index < -0.39 is 15.5 Å². The van der Waals surface area contributed by atoms with Crippen LogP contribution < -0.4 is 10.6 Å². The average Bonchev–Trinajstić information content (AvgIpc) is 3.12. The standard InChI is InChI=1S/C15H23F3N4O2S2/c1-11(13-4-3-9-25-13)10-20-14(19-2)21-12-5-7-22(8-6-12)26(23,24)15(16,17)18/h3-4,9,11-12H,5-8,10H2,1-2H3,(H2,19,20,21). The first-order valence-corrected chi connectivity index (χ1v) is 10.5. The van der Waals surface area contributed by atoms with Crippen LogP contribution >= 0.6 is 11.3 Å². The molecule has 0 amide bonds. The Morgan fingerprint density at radius 3 is 2.58 bits per heavy atom. The maximum absolute atomic E-state index is 12.6. The second-order valence-electron chi connectivity index (χ2n) is 6.14. The van der Waals surface area contributed by atoms with Gasteiger partial charge in [0.1, 0.15) is 0 Å². The van der Waals surface area contributed by atoms with Gasteiger partial charge in [-0.3, -0.25) is 4.99 Å². The number of nitrogens with one attached hydrogen (secondary N) is 2. The van der Waals surface area contributed by atoms with E-state index in [0.29, 0.717) is 22.7 Å². The van der Waals surface area contributed by atoms with Gasteiger partial charge in [-0.2, -0.15) is 17.5 Å². The van der Waals surface area contributed by atoms with Gasteiger partial charge in [-0.25, -0.2) is 8.42 Å². The third-order valence-corrected chi connectivity index (χ3v) is 6.99. The monoisotopic (exact) mass is 412 g/mol. The molecule has 2 heterocycles. The number of rotatable bonds is 5. The zero-order valence-corrected chi connectivity index (χ0v) is 16.2. The van der Waals surface area contributed by atoms with Gasteiger partial charge in [-0.1, -0.05) is 13.0 Å². The molecule has 1 fully saturated rings. The fraction of sp³-hybridized carbons (Fsp3) is 0.667. The number of sulfonamides is 1. The van der Waals surface area contributed by atoms with E-state index in [1.807, 2.05) is 11.4 Å². The first-order valence-electron chi connectivity index (χ1n) is 8.22. The van der Waals surface area contributed by atoms with Gasteiger partial charge >= 0.3 is 15.5 Å². The second-order valence-corrected chi connectivity index (χ2v) is 9.05. The average molecular weight is 413 g/mol. The van der Waals surface area contributed by atoms with Crippen molar-refractivity contribution >= 4 is 27.3 Å². The zero-order valence-electron chi connectivity index (χ0n) is 14.6. The van der Waals surface area contributed by atoms with Crippen LogP contribution in [0, 0.1) is 0 Å². The summed E-state index contributed by atoms with van der Waals surface area (Å²) in [4.78, 5) is 5.38. The maximum Gasteiger partial charge on any atom is 0.511 e. The van der Waals surface area contributed by atoms with E-state index in [0.717, 1.165) is 0 Å². The molecule has 1 aromatic rings. The number of nitrogens with zero attached hydrogens (tertiary/aromatic N) is 2. The van der Waals surface area contributed by atoms with Crippen LogP contribution in [0.3, 0.4) is 0 Å². The van der Waals surface area contributed by atoms with Gasteiger partial charge in [-0.15, -0.1) is 11.3 Å². The summed E-state index contributed by atoms with van der Waals surface area (Å²) in [5.41, 5.74) is -5.25. The van der Waals surface area contributed by atoms with Crippen LogP contribution in [-0.4, -0.2) is 56.9 Å². The highest BCUT2D eigenvalue weighted by Gasteiger charge is 2.50. The lowest BCUT2D eigenvalue weighted by atomic mass is 10.1. The number of piperidine rings is 1. The maximum atomic E-state index is 12.6. The molecule has 1 saturated heterocycles. The molecule has 0 radical (unpaired) electrons. The Bertz CT molecular complexity index is 697. The summed E-state index contributed by atoms with van der Waals surface area (Å²) in [5, 5.41) is 8.38. The van der Waals surface area contributed by atoms with Gasteiger partial charge in [0.05, 0.1) is 0 Å². The minimum Gasteiger partial charge on any atom is -0.356 e. The largest absolute Gasteiger partial charge is 0.511 e. The van der Waals surface area contributed by atoms with Crippen LogP contribution in [-0.2, 0) is 10.0 Å². The third-order valence-electron chi connectivity index (χ3n) is 4.26. The molecule has 1 atom stereocenters. The van der Waals surface area contributed by atoms with Gasteiger partial charge in [0.2, 0.25) is 0 Å².